The second-order valence-corrected chi connectivity index (χ2v) is 7.57. The fourth-order valence-electron chi connectivity index (χ4n) is 3.94. The Kier molecular flexibility index (Phi) is 13.7. The number of ether oxygens (including phenoxy) is 3. The summed E-state index contributed by atoms with van der Waals surface area (Å²) in [6.07, 6.45) is 10.00. The summed E-state index contributed by atoms with van der Waals surface area (Å²) in [4.78, 5) is 4.36. The molecule has 0 aromatic carbocycles. The van der Waals surface area contributed by atoms with Crippen LogP contribution in [-0.4, -0.2) is 65.2 Å². The summed E-state index contributed by atoms with van der Waals surface area (Å²) in [5, 5.41) is 6.94. The largest absolute Gasteiger partial charge is 0.382 e. The van der Waals surface area contributed by atoms with E-state index in [1.807, 2.05) is 7.05 Å². The topological polar surface area (TPSA) is 64.1 Å². The molecule has 1 heterocycles. The molecule has 0 spiro atoms. The molecule has 0 radical (unpaired) electrons. The minimum Gasteiger partial charge on any atom is -0.382 e. The van der Waals surface area contributed by atoms with E-state index in [0.29, 0.717) is 11.5 Å². The summed E-state index contributed by atoms with van der Waals surface area (Å²) >= 11 is 0. The van der Waals surface area contributed by atoms with Crippen LogP contribution in [0.3, 0.4) is 0 Å². The number of nitrogens with one attached hydrogen (secondary N) is 2. The zero-order chi connectivity index (χ0) is 18.5. The lowest BCUT2D eigenvalue weighted by Crippen LogP contribution is -2.43. The molecule has 7 heteroatoms. The van der Waals surface area contributed by atoms with Crippen LogP contribution >= 0.6 is 24.0 Å². The molecule has 0 amide bonds. The van der Waals surface area contributed by atoms with E-state index in [-0.39, 0.29) is 24.0 Å². The predicted octanol–water partition coefficient (Wildman–Crippen LogP) is 3.34. The van der Waals surface area contributed by atoms with Gasteiger partial charge in [0.1, 0.15) is 0 Å². The van der Waals surface area contributed by atoms with Crippen molar-refractivity contribution in [2.45, 2.75) is 64.4 Å². The van der Waals surface area contributed by atoms with Gasteiger partial charge in [0, 0.05) is 46.6 Å². The van der Waals surface area contributed by atoms with E-state index in [4.69, 9.17) is 14.2 Å². The lowest BCUT2D eigenvalue weighted by molar-refractivity contribution is 0.0168. The van der Waals surface area contributed by atoms with E-state index < -0.39 is 0 Å². The average molecular weight is 497 g/mol. The smallest absolute Gasteiger partial charge is 0.190 e. The van der Waals surface area contributed by atoms with Crippen molar-refractivity contribution < 1.29 is 14.2 Å². The van der Waals surface area contributed by atoms with Crippen molar-refractivity contribution in [2.24, 2.45) is 10.4 Å². The third kappa shape index (κ3) is 9.76. The molecule has 1 saturated heterocycles. The molecule has 27 heavy (non-hydrogen) atoms. The molecule has 1 unspecified atom stereocenters. The molecule has 2 fully saturated rings. The van der Waals surface area contributed by atoms with Crippen LogP contribution in [0.2, 0.25) is 0 Å². The van der Waals surface area contributed by atoms with Crippen LogP contribution in [0.25, 0.3) is 0 Å². The van der Waals surface area contributed by atoms with Gasteiger partial charge in [-0.25, -0.2) is 0 Å². The number of nitrogens with zero attached hydrogens (tertiary/aromatic N) is 1. The Morgan fingerprint density at radius 2 is 1.96 bits per heavy atom. The lowest BCUT2D eigenvalue weighted by Gasteiger charge is -2.30. The predicted molar refractivity (Wildman–Crippen MR) is 121 cm³/mol. The van der Waals surface area contributed by atoms with Crippen molar-refractivity contribution in [3.05, 3.63) is 0 Å². The van der Waals surface area contributed by atoms with Gasteiger partial charge in [0.2, 0.25) is 0 Å². The normalized spacial score (nSPS) is 21.9. The molecule has 1 atom stereocenters. The van der Waals surface area contributed by atoms with E-state index in [1.165, 1.54) is 32.1 Å². The molecule has 2 aliphatic rings. The van der Waals surface area contributed by atoms with Gasteiger partial charge in [0.05, 0.1) is 12.7 Å². The average Bonchev–Trinajstić information content (AvgIpc) is 3.33. The first kappa shape index (κ1) is 24.9. The van der Waals surface area contributed by atoms with Crippen LogP contribution in [0.4, 0.5) is 0 Å². The summed E-state index contributed by atoms with van der Waals surface area (Å²) < 4.78 is 16.9. The first-order valence-electron chi connectivity index (χ1n) is 10.5. The van der Waals surface area contributed by atoms with Crippen LogP contribution in [0.5, 0.6) is 0 Å². The Hall–Kier alpha value is -0.120. The summed E-state index contributed by atoms with van der Waals surface area (Å²) in [6, 6.07) is 0. The van der Waals surface area contributed by atoms with Gasteiger partial charge in [-0.05, 0) is 50.9 Å². The summed E-state index contributed by atoms with van der Waals surface area (Å²) in [5.41, 5.74) is 0.372. The quantitative estimate of drug-likeness (QED) is 0.188. The SMILES string of the molecule is CCOCCC1(CNC(=NC)NCCCOCC2CCCO2)CCCC1.I. The number of halogens is 1. The molecule has 0 bridgehead atoms. The number of aliphatic imine (C=N–C) groups is 1. The third-order valence-corrected chi connectivity index (χ3v) is 5.59. The number of hydrogen-bond donors (Lipinski definition) is 2. The Balaban J connectivity index is 0.00000364. The maximum atomic E-state index is 5.71. The maximum Gasteiger partial charge on any atom is 0.190 e. The number of guanidine groups is 1. The Morgan fingerprint density at radius 3 is 2.63 bits per heavy atom. The van der Waals surface area contributed by atoms with Crippen molar-refractivity contribution in [1.29, 1.82) is 0 Å². The number of rotatable bonds is 12. The number of hydrogen-bond acceptors (Lipinski definition) is 4. The van der Waals surface area contributed by atoms with E-state index in [1.54, 1.807) is 0 Å². The highest BCUT2D eigenvalue weighted by Crippen LogP contribution is 2.40. The van der Waals surface area contributed by atoms with E-state index in [2.05, 4.69) is 22.5 Å². The van der Waals surface area contributed by atoms with Gasteiger partial charge in [-0.15, -0.1) is 24.0 Å². The molecule has 2 rings (SSSR count). The maximum absolute atomic E-state index is 5.71. The second-order valence-electron chi connectivity index (χ2n) is 7.57. The molecule has 160 valence electrons. The molecular weight excluding hydrogens is 457 g/mol. The Labute approximate surface area is 182 Å². The zero-order valence-electron chi connectivity index (χ0n) is 17.3. The molecule has 0 aromatic rings. The van der Waals surface area contributed by atoms with Gasteiger partial charge in [-0.2, -0.15) is 0 Å². The molecule has 1 aliphatic heterocycles. The lowest BCUT2D eigenvalue weighted by atomic mass is 9.83. The van der Waals surface area contributed by atoms with Gasteiger partial charge in [0.15, 0.2) is 5.96 Å². The fraction of sp³-hybridized carbons (Fsp3) is 0.950. The molecule has 1 aliphatic carbocycles. The first-order valence-corrected chi connectivity index (χ1v) is 10.5. The van der Waals surface area contributed by atoms with Crippen LogP contribution < -0.4 is 10.6 Å². The van der Waals surface area contributed by atoms with Crippen molar-refractivity contribution in [3.63, 3.8) is 0 Å². The summed E-state index contributed by atoms with van der Waals surface area (Å²) in [6.45, 7) is 7.98. The highest BCUT2D eigenvalue weighted by molar-refractivity contribution is 14.0. The van der Waals surface area contributed by atoms with Crippen molar-refractivity contribution in [1.82, 2.24) is 10.6 Å². The molecule has 6 nitrogen and oxygen atoms in total. The molecule has 0 aromatic heterocycles. The van der Waals surface area contributed by atoms with Crippen LogP contribution in [0.1, 0.15) is 58.3 Å². The van der Waals surface area contributed by atoms with Gasteiger partial charge in [0.25, 0.3) is 0 Å². The third-order valence-electron chi connectivity index (χ3n) is 5.59. The van der Waals surface area contributed by atoms with Crippen molar-refractivity contribution in [3.8, 4) is 0 Å². The highest BCUT2D eigenvalue weighted by Gasteiger charge is 2.33. The van der Waals surface area contributed by atoms with E-state index >= 15 is 0 Å². The van der Waals surface area contributed by atoms with Crippen molar-refractivity contribution in [2.75, 3.05) is 53.2 Å². The standard InChI is InChI=1S/C20H39N3O3.HI/c1-3-24-15-11-20(9-4-5-10-20)17-23-19(21-2)22-12-7-13-25-16-18-8-6-14-26-18;/h18H,3-17H2,1-2H3,(H2,21,22,23);1H. The van der Waals surface area contributed by atoms with Crippen LogP contribution in [0.15, 0.2) is 4.99 Å². The second kappa shape index (κ2) is 14.8. The van der Waals surface area contributed by atoms with Gasteiger partial charge in [-0.3, -0.25) is 4.99 Å². The van der Waals surface area contributed by atoms with Gasteiger partial charge in [-0.1, -0.05) is 12.8 Å². The minimum absolute atomic E-state index is 0. The monoisotopic (exact) mass is 497 g/mol. The molecule has 1 saturated carbocycles. The van der Waals surface area contributed by atoms with Gasteiger partial charge < -0.3 is 24.8 Å². The fourth-order valence-corrected chi connectivity index (χ4v) is 3.94. The summed E-state index contributed by atoms with van der Waals surface area (Å²) in [5.74, 6) is 0.895. The van der Waals surface area contributed by atoms with E-state index in [0.717, 1.165) is 71.3 Å². The van der Waals surface area contributed by atoms with Crippen molar-refractivity contribution >= 4 is 29.9 Å². The van der Waals surface area contributed by atoms with Crippen LogP contribution in [-0.2, 0) is 14.2 Å². The Morgan fingerprint density at radius 1 is 1.15 bits per heavy atom. The van der Waals surface area contributed by atoms with E-state index in [9.17, 15) is 0 Å². The molecular formula is C20H40IN3O3. The minimum atomic E-state index is 0. The molecule has 2 N–H and O–H groups in total. The van der Waals surface area contributed by atoms with Gasteiger partial charge >= 0.3 is 0 Å². The Bertz CT molecular complexity index is 398. The zero-order valence-corrected chi connectivity index (χ0v) is 19.6. The van der Waals surface area contributed by atoms with Crippen LogP contribution in [0, 0.1) is 5.41 Å². The first-order chi connectivity index (χ1) is 12.8. The summed E-state index contributed by atoms with van der Waals surface area (Å²) in [7, 11) is 1.84. The highest BCUT2D eigenvalue weighted by atomic mass is 127.